The maximum absolute atomic E-state index is 13.4. The second-order valence-corrected chi connectivity index (χ2v) is 14.0. The summed E-state index contributed by atoms with van der Waals surface area (Å²) in [6, 6.07) is 34.8. The van der Waals surface area contributed by atoms with Crippen LogP contribution in [0.4, 0.5) is 5.69 Å². The predicted molar refractivity (Wildman–Crippen MR) is 224 cm³/mol. The molecule has 2 aliphatic rings. The average Bonchev–Trinajstić information content (AvgIpc) is 3.89. The molecule has 2 aliphatic heterocycles. The molecule has 14 heteroatoms. The minimum Gasteiger partial charge on any atom is -0.399 e. The number of hydrogen-bond donors (Lipinski definition) is 2. The van der Waals surface area contributed by atoms with Gasteiger partial charge in [-0.1, -0.05) is 89.2 Å². The van der Waals surface area contributed by atoms with Crippen LogP contribution in [0.1, 0.15) is 42.1 Å². The molecule has 2 fully saturated rings. The maximum Gasteiger partial charge on any atom is 0.254 e. The van der Waals surface area contributed by atoms with Crippen LogP contribution in [0.5, 0.6) is 0 Å². The van der Waals surface area contributed by atoms with Crippen molar-refractivity contribution in [3.05, 3.63) is 133 Å². The van der Waals surface area contributed by atoms with Gasteiger partial charge in [0.25, 0.3) is 5.91 Å². The lowest BCUT2D eigenvalue weighted by Gasteiger charge is -2.23. The number of rotatable bonds is 11. The van der Waals surface area contributed by atoms with Gasteiger partial charge in [-0.25, -0.2) is 0 Å². The second kappa shape index (κ2) is 19.8. The number of ketones is 1. The fourth-order valence-corrected chi connectivity index (χ4v) is 6.94. The van der Waals surface area contributed by atoms with Gasteiger partial charge < -0.3 is 30.1 Å². The van der Waals surface area contributed by atoms with Gasteiger partial charge in [0.05, 0.1) is 36.5 Å². The molecule has 2 atom stereocenters. The number of fused-ring (bicyclic) bond motifs is 1. The summed E-state index contributed by atoms with van der Waals surface area (Å²) in [5.74, 6) is -1.38. The molecule has 7 rings (SSSR count). The Kier molecular flexibility index (Phi) is 13.9. The molecule has 2 N–H and O–H groups in total. The summed E-state index contributed by atoms with van der Waals surface area (Å²) in [5, 5.41) is 14.6. The summed E-state index contributed by atoms with van der Waals surface area (Å²) in [6.45, 7) is 2.15. The number of anilines is 1. The Morgan fingerprint density at radius 1 is 0.712 bits per heavy atom. The van der Waals surface area contributed by atoms with E-state index >= 15 is 0 Å². The number of carbonyl (C=O) groups excluding carboxylic acids is 5. The predicted octanol–water partition coefficient (Wildman–Crippen LogP) is 5.64. The number of likely N-dealkylation sites (tertiary alicyclic amines) is 2. The Morgan fingerprint density at radius 3 is 1.97 bits per heavy atom. The number of hydrogen-bond acceptors (Lipinski definition) is 10. The van der Waals surface area contributed by atoms with Crippen LogP contribution in [0.15, 0.2) is 132 Å². The zero-order valence-electron chi connectivity index (χ0n) is 33.0. The summed E-state index contributed by atoms with van der Waals surface area (Å²) in [5.41, 5.74) is 6.31. The molecule has 1 aromatic heterocycles. The van der Waals surface area contributed by atoms with Crippen molar-refractivity contribution >= 4 is 57.4 Å². The molecule has 14 nitrogen and oxygen atoms in total. The smallest absolute Gasteiger partial charge is 0.254 e. The van der Waals surface area contributed by atoms with Gasteiger partial charge in [0.15, 0.2) is 0 Å². The number of pyridine rings is 1. The zero-order valence-corrected chi connectivity index (χ0v) is 33.0. The van der Waals surface area contributed by atoms with Crippen LogP contribution in [-0.4, -0.2) is 95.0 Å². The standard InChI is InChI=1S/C28H24N4O3.C17H21N3O4/c1-35-31-24-17-26(27(33)30-23-13-14-25-22(16-23)8-5-15-29-25)32(18-24)28(34)21-11-9-20(10-12-21)19-6-3-2-4-7-19;1-12(21)8-16(22)20-11-14(19-24-2)9-15(20)17(23)18-10-13-6-4-3-5-7-13/h2-16,26H,17-18H2,1H3,(H,30,33);3-7,15H,8-11H2,1-2H3,(H,18,23)/t26-;15-/m00/s1. The summed E-state index contributed by atoms with van der Waals surface area (Å²) in [6.07, 6.45) is 2.12. The van der Waals surface area contributed by atoms with E-state index in [9.17, 15) is 24.0 Å². The van der Waals surface area contributed by atoms with Crippen molar-refractivity contribution in [2.45, 2.75) is 44.8 Å². The number of Topliss-reactive ketones (excluding diaryl/α,β-unsaturated/α-hetero) is 1. The number of oxime groups is 2. The van der Waals surface area contributed by atoms with Crippen LogP contribution < -0.4 is 10.6 Å². The van der Waals surface area contributed by atoms with E-state index < -0.39 is 12.1 Å². The molecule has 0 bridgehead atoms. The Balaban J connectivity index is 0.000000214. The lowest BCUT2D eigenvalue weighted by molar-refractivity contribution is -0.140. The van der Waals surface area contributed by atoms with Crippen LogP contribution >= 0.6 is 0 Å². The SMILES string of the molecule is CON=C1C[C@@H](C(=O)NCc2ccccc2)N(C(=O)CC(C)=O)C1.CON=C1C[C@@H](C(=O)Nc2ccc3ncccc3c2)N(C(=O)c2ccc(-c3ccccc3)cc2)C1. The van der Waals surface area contributed by atoms with E-state index in [1.807, 2.05) is 97.1 Å². The van der Waals surface area contributed by atoms with Gasteiger partial charge in [-0.15, -0.1) is 0 Å². The van der Waals surface area contributed by atoms with Gasteiger partial charge in [-0.2, -0.15) is 0 Å². The van der Waals surface area contributed by atoms with E-state index in [1.54, 1.807) is 29.3 Å². The normalized spacial score (nSPS) is 17.3. The fraction of sp³-hybridized carbons (Fsp3) is 0.244. The minimum absolute atomic E-state index is 0.198. The first-order valence-corrected chi connectivity index (χ1v) is 19.0. The van der Waals surface area contributed by atoms with E-state index in [0.717, 1.165) is 27.6 Å². The summed E-state index contributed by atoms with van der Waals surface area (Å²) >= 11 is 0. The third-order valence-corrected chi connectivity index (χ3v) is 9.76. The highest BCUT2D eigenvalue weighted by Crippen LogP contribution is 2.25. The van der Waals surface area contributed by atoms with Crippen molar-refractivity contribution in [1.29, 1.82) is 0 Å². The zero-order chi connectivity index (χ0) is 41.7. The molecule has 0 saturated carbocycles. The van der Waals surface area contributed by atoms with Crippen molar-refractivity contribution in [3.8, 4) is 11.1 Å². The summed E-state index contributed by atoms with van der Waals surface area (Å²) < 4.78 is 0. The Hall–Kier alpha value is -7.22. The van der Waals surface area contributed by atoms with Gasteiger partial charge in [0, 0.05) is 42.2 Å². The van der Waals surface area contributed by atoms with Crippen LogP contribution in [0.2, 0.25) is 0 Å². The maximum atomic E-state index is 13.4. The lowest BCUT2D eigenvalue weighted by atomic mass is 10.0. The Morgan fingerprint density at radius 2 is 1.32 bits per heavy atom. The van der Waals surface area contributed by atoms with E-state index in [-0.39, 0.29) is 48.9 Å². The van der Waals surface area contributed by atoms with Crippen LogP contribution in [0.3, 0.4) is 0 Å². The van der Waals surface area contributed by atoms with Gasteiger partial charge in [0.2, 0.25) is 17.7 Å². The second-order valence-electron chi connectivity index (χ2n) is 14.0. The molecular weight excluding hydrogens is 751 g/mol. The Labute approximate surface area is 341 Å². The first-order valence-electron chi connectivity index (χ1n) is 19.0. The van der Waals surface area contributed by atoms with Crippen LogP contribution in [0.25, 0.3) is 22.0 Å². The third-order valence-electron chi connectivity index (χ3n) is 9.76. The highest BCUT2D eigenvalue weighted by Gasteiger charge is 2.39. The molecule has 3 heterocycles. The highest BCUT2D eigenvalue weighted by atomic mass is 16.6. The average molecular weight is 796 g/mol. The van der Waals surface area contributed by atoms with Gasteiger partial charge in [-0.3, -0.25) is 29.0 Å². The van der Waals surface area contributed by atoms with Crippen LogP contribution in [0, 0.1) is 0 Å². The fourth-order valence-electron chi connectivity index (χ4n) is 6.94. The topological polar surface area (TPSA) is 172 Å². The van der Waals surface area contributed by atoms with Gasteiger partial charge >= 0.3 is 0 Å². The van der Waals surface area contributed by atoms with Crippen LogP contribution in [-0.2, 0) is 35.4 Å². The van der Waals surface area contributed by atoms with Crippen molar-refractivity contribution in [1.82, 2.24) is 20.1 Å². The molecule has 0 aliphatic carbocycles. The number of nitrogens with one attached hydrogen (secondary N) is 2. The van der Waals surface area contributed by atoms with E-state index in [0.29, 0.717) is 42.1 Å². The molecule has 4 aromatic carbocycles. The van der Waals surface area contributed by atoms with Gasteiger partial charge in [0.1, 0.15) is 32.1 Å². The monoisotopic (exact) mass is 795 g/mol. The number of carbonyl (C=O) groups is 5. The third kappa shape index (κ3) is 10.8. The van der Waals surface area contributed by atoms with Crippen molar-refractivity contribution < 1.29 is 33.6 Å². The molecular formula is C45H45N7O7. The van der Waals surface area contributed by atoms with Crippen molar-refractivity contribution in [2.75, 3.05) is 32.6 Å². The van der Waals surface area contributed by atoms with Crippen molar-refractivity contribution in [3.63, 3.8) is 0 Å². The Bertz CT molecular complexity index is 2350. The molecule has 0 spiro atoms. The minimum atomic E-state index is -0.699. The molecule has 0 unspecified atom stereocenters. The first-order chi connectivity index (χ1) is 28.6. The number of amides is 4. The largest absolute Gasteiger partial charge is 0.399 e. The molecule has 59 heavy (non-hydrogen) atoms. The number of aromatic nitrogens is 1. The molecule has 302 valence electrons. The van der Waals surface area contributed by atoms with Crippen molar-refractivity contribution in [2.24, 2.45) is 10.3 Å². The highest BCUT2D eigenvalue weighted by molar-refractivity contribution is 6.09. The molecule has 5 aromatic rings. The van der Waals surface area contributed by atoms with Gasteiger partial charge in [-0.05, 0) is 60.0 Å². The van der Waals surface area contributed by atoms with E-state index in [4.69, 9.17) is 9.68 Å². The quantitative estimate of drug-likeness (QED) is 0.128. The number of nitrogens with zero attached hydrogens (tertiary/aromatic N) is 5. The molecule has 0 radical (unpaired) electrons. The summed E-state index contributed by atoms with van der Waals surface area (Å²) in [7, 11) is 2.87. The van der Waals surface area contributed by atoms with E-state index in [1.165, 1.54) is 26.0 Å². The summed E-state index contributed by atoms with van der Waals surface area (Å²) in [4.78, 5) is 79.5. The number of benzene rings is 4. The first kappa shape index (κ1) is 41.4. The van der Waals surface area contributed by atoms with E-state index in [2.05, 4.69) is 25.9 Å². The lowest BCUT2D eigenvalue weighted by Crippen LogP contribution is -2.46. The molecule has 2 saturated heterocycles. The molecule has 4 amide bonds.